The number of nitro groups is 1. The third-order valence-corrected chi connectivity index (χ3v) is 3.08. The van der Waals surface area contributed by atoms with Crippen molar-refractivity contribution in [2.24, 2.45) is 0 Å². The van der Waals surface area contributed by atoms with Gasteiger partial charge in [-0.2, -0.15) is 0 Å². The summed E-state index contributed by atoms with van der Waals surface area (Å²) in [4.78, 5) is 16.5. The third-order valence-electron chi connectivity index (χ3n) is 3.08. The van der Waals surface area contributed by atoms with Crippen molar-refractivity contribution in [1.82, 2.24) is 9.55 Å². The molecule has 2 N–H and O–H groups in total. The molecule has 0 radical (unpaired) electrons. The number of anilines is 2. The number of aromatic nitrogens is 2. The van der Waals surface area contributed by atoms with Crippen molar-refractivity contribution < 1.29 is 4.92 Å². The number of aryl methyl sites for hydroxylation is 1. The smallest absolute Gasteiger partial charge is 0.292 e. The lowest BCUT2D eigenvalue weighted by Crippen LogP contribution is -2.21. The first-order chi connectivity index (χ1) is 9.58. The average Bonchev–Trinajstić information content (AvgIpc) is 2.91. The molecule has 0 bridgehead atoms. The van der Waals surface area contributed by atoms with E-state index >= 15 is 0 Å². The van der Waals surface area contributed by atoms with Crippen LogP contribution in [0.25, 0.3) is 0 Å². The van der Waals surface area contributed by atoms with Crippen molar-refractivity contribution in [3.05, 3.63) is 47.0 Å². The molecular weight excluding hydrogens is 258 g/mol. The molecule has 0 atom stereocenters. The quantitative estimate of drug-likeness (QED) is 0.494. The van der Waals surface area contributed by atoms with Gasteiger partial charge in [-0.3, -0.25) is 10.1 Å². The van der Waals surface area contributed by atoms with Crippen molar-refractivity contribution in [3.8, 4) is 0 Å². The van der Waals surface area contributed by atoms with E-state index in [1.807, 2.05) is 22.7 Å². The van der Waals surface area contributed by atoms with Crippen LogP contribution in [0, 0.1) is 10.1 Å². The number of imidazole rings is 1. The summed E-state index contributed by atoms with van der Waals surface area (Å²) in [5.41, 5.74) is 6.85. The predicted octanol–water partition coefficient (Wildman–Crippen LogP) is 1.90. The Morgan fingerprint density at radius 2 is 2.30 bits per heavy atom. The predicted molar refractivity (Wildman–Crippen MR) is 77.6 cm³/mol. The highest BCUT2D eigenvalue weighted by Gasteiger charge is 2.16. The van der Waals surface area contributed by atoms with Crippen molar-refractivity contribution in [2.45, 2.75) is 13.0 Å². The SMILES string of the molecule is CN(CCCn1ccnc1)c1cc(N)ccc1[N+](=O)[O-]. The minimum Gasteiger partial charge on any atom is -0.399 e. The maximum Gasteiger partial charge on any atom is 0.292 e. The van der Waals surface area contributed by atoms with Crippen molar-refractivity contribution >= 4 is 17.1 Å². The molecule has 7 heteroatoms. The lowest BCUT2D eigenvalue weighted by molar-refractivity contribution is -0.384. The first-order valence-electron chi connectivity index (χ1n) is 6.28. The van der Waals surface area contributed by atoms with Gasteiger partial charge in [0.15, 0.2) is 0 Å². The summed E-state index contributed by atoms with van der Waals surface area (Å²) in [6.07, 6.45) is 6.23. The summed E-state index contributed by atoms with van der Waals surface area (Å²) < 4.78 is 1.97. The molecule has 20 heavy (non-hydrogen) atoms. The second kappa shape index (κ2) is 6.05. The molecular formula is C13H17N5O2. The van der Waals surface area contributed by atoms with Gasteiger partial charge in [0.05, 0.1) is 11.3 Å². The molecule has 1 heterocycles. The maximum atomic E-state index is 11.0. The molecule has 0 saturated carbocycles. The van der Waals surface area contributed by atoms with Gasteiger partial charge in [0, 0.05) is 44.3 Å². The molecule has 0 amide bonds. The Kier molecular flexibility index (Phi) is 4.19. The molecule has 2 aromatic rings. The molecule has 0 fully saturated rings. The van der Waals surface area contributed by atoms with Crippen LogP contribution in [0.4, 0.5) is 17.1 Å². The van der Waals surface area contributed by atoms with Crippen LogP contribution in [-0.2, 0) is 6.54 Å². The van der Waals surface area contributed by atoms with Gasteiger partial charge in [-0.15, -0.1) is 0 Å². The number of hydrogen-bond donors (Lipinski definition) is 1. The number of nitro benzene ring substituents is 1. The molecule has 0 unspecified atom stereocenters. The van der Waals surface area contributed by atoms with E-state index in [0.29, 0.717) is 17.9 Å². The second-order valence-electron chi connectivity index (χ2n) is 4.58. The van der Waals surface area contributed by atoms with Gasteiger partial charge in [0.2, 0.25) is 0 Å². The first kappa shape index (κ1) is 13.9. The average molecular weight is 275 g/mol. The number of hydrogen-bond acceptors (Lipinski definition) is 5. The normalized spacial score (nSPS) is 10.4. The van der Waals surface area contributed by atoms with Gasteiger partial charge in [-0.05, 0) is 18.6 Å². The van der Waals surface area contributed by atoms with E-state index in [9.17, 15) is 10.1 Å². The monoisotopic (exact) mass is 275 g/mol. The van der Waals surface area contributed by atoms with Crippen molar-refractivity contribution in [1.29, 1.82) is 0 Å². The zero-order chi connectivity index (χ0) is 14.5. The fourth-order valence-electron chi connectivity index (χ4n) is 2.03. The van der Waals surface area contributed by atoms with Gasteiger partial charge >= 0.3 is 0 Å². The number of benzene rings is 1. The van der Waals surface area contributed by atoms with Crippen LogP contribution in [0.5, 0.6) is 0 Å². The second-order valence-corrected chi connectivity index (χ2v) is 4.58. The lowest BCUT2D eigenvalue weighted by Gasteiger charge is -2.19. The van der Waals surface area contributed by atoms with Crippen LogP contribution < -0.4 is 10.6 Å². The molecule has 1 aromatic heterocycles. The van der Waals surface area contributed by atoms with Crippen LogP contribution in [0.3, 0.4) is 0 Å². The summed E-state index contributed by atoms with van der Waals surface area (Å²) >= 11 is 0. The van der Waals surface area contributed by atoms with Crippen LogP contribution >= 0.6 is 0 Å². The van der Waals surface area contributed by atoms with E-state index in [1.54, 1.807) is 24.7 Å². The van der Waals surface area contributed by atoms with Gasteiger partial charge in [0.25, 0.3) is 5.69 Å². The summed E-state index contributed by atoms with van der Waals surface area (Å²) in [5.74, 6) is 0. The van der Waals surface area contributed by atoms with Gasteiger partial charge in [0.1, 0.15) is 5.69 Å². The fourth-order valence-corrected chi connectivity index (χ4v) is 2.03. The van der Waals surface area contributed by atoms with E-state index in [0.717, 1.165) is 13.0 Å². The minimum atomic E-state index is -0.388. The molecule has 0 spiro atoms. The standard InChI is InChI=1S/C13H17N5O2/c1-16(6-2-7-17-8-5-15-10-17)13-9-11(14)3-4-12(13)18(19)20/h3-5,8-10H,2,6-7,14H2,1H3. The highest BCUT2D eigenvalue weighted by molar-refractivity contribution is 5.68. The Hall–Kier alpha value is -2.57. The van der Waals surface area contributed by atoms with Gasteiger partial charge < -0.3 is 15.2 Å². The topological polar surface area (TPSA) is 90.2 Å². The first-order valence-corrected chi connectivity index (χ1v) is 6.28. The molecule has 0 aliphatic heterocycles. The Morgan fingerprint density at radius 3 is 2.95 bits per heavy atom. The highest BCUT2D eigenvalue weighted by Crippen LogP contribution is 2.29. The largest absolute Gasteiger partial charge is 0.399 e. The summed E-state index contributed by atoms with van der Waals surface area (Å²) in [5, 5.41) is 11.0. The van der Waals surface area contributed by atoms with E-state index in [4.69, 9.17) is 5.73 Å². The maximum absolute atomic E-state index is 11.0. The number of nitrogens with zero attached hydrogens (tertiary/aromatic N) is 4. The molecule has 7 nitrogen and oxygen atoms in total. The zero-order valence-corrected chi connectivity index (χ0v) is 11.3. The Bertz CT molecular complexity index is 582. The fraction of sp³-hybridized carbons (Fsp3) is 0.308. The van der Waals surface area contributed by atoms with Crippen molar-refractivity contribution in [2.75, 3.05) is 24.2 Å². The van der Waals surface area contributed by atoms with Crippen LogP contribution in [0.1, 0.15) is 6.42 Å². The van der Waals surface area contributed by atoms with E-state index in [2.05, 4.69) is 4.98 Å². The number of nitrogens with two attached hydrogens (primary N) is 1. The number of rotatable bonds is 6. The summed E-state index contributed by atoms with van der Waals surface area (Å²) in [6.45, 7) is 1.52. The Balaban J connectivity index is 2.02. The summed E-state index contributed by atoms with van der Waals surface area (Å²) in [7, 11) is 1.83. The summed E-state index contributed by atoms with van der Waals surface area (Å²) in [6, 6.07) is 4.62. The third kappa shape index (κ3) is 3.25. The zero-order valence-electron chi connectivity index (χ0n) is 11.3. The van der Waals surface area contributed by atoms with Crippen LogP contribution in [0.15, 0.2) is 36.9 Å². The minimum absolute atomic E-state index is 0.0735. The van der Waals surface area contributed by atoms with E-state index in [-0.39, 0.29) is 10.6 Å². The van der Waals surface area contributed by atoms with E-state index in [1.165, 1.54) is 6.07 Å². The molecule has 1 aromatic carbocycles. The highest BCUT2D eigenvalue weighted by atomic mass is 16.6. The molecule has 106 valence electrons. The Morgan fingerprint density at radius 1 is 1.50 bits per heavy atom. The van der Waals surface area contributed by atoms with Crippen LogP contribution in [-0.4, -0.2) is 28.1 Å². The van der Waals surface area contributed by atoms with Gasteiger partial charge in [-0.1, -0.05) is 0 Å². The number of nitrogen functional groups attached to an aromatic ring is 1. The molecule has 0 aliphatic rings. The van der Waals surface area contributed by atoms with Crippen molar-refractivity contribution in [3.63, 3.8) is 0 Å². The Labute approximate surface area is 116 Å². The molecule has 0 saturated heterocycles. The molecule has 2 rings (SSSR count). The van der Waals surface area contributed by atoms with Gasteiger partial charge in [-0.25, -0.2) is 4.98 Å². The van der Waals surface area contributed by atoms with E-state index < -0.39 is 0 Å². The molecule has 0 aliphatic carbocycles. The van der Waals surface area contributed by atoms with Crippen LogP contribution in [0.2, 0.25) is 0 Å². The lowest BCUT2D eigenvalue weighted by atomic mass is 10.2.